The first kappa shape index (κ1) is 23.1. The van der Waals surface area contributed by atoms with Crippen LogP contribution in [0.2, 0.25) is 0 Å². The van der Waals surface area contributed by atoms with E-state index in [0.29, 0.717) is 17.7 Å². The molecule has 1 aliphatic heterocycles. The summed E-state index contributed by atoms with van der Waals surface area (Å²) in [7, 11) is 1.05. The number of hydrogen-bond acceptors (Lipinski definition) is 6. The van der Waals surface area contributed by atoms with E-state index < -0.39 is 16.0 Å². The summed E-state index contributed by atoms with van der Waals surface area (Å²) in [5, 5.41) is 9.74. The van der Waals surface area contributed by atoms with Crippen LogP contribution in [0.3, 0.4) is 0 Å². The zero-order valence-electron chi connectivity index (χ0n) is 18.1. The minimum atomic E-state index is -3.95. The molecule has 0 radical (unpaired) electrons. The Morgan fingerprint density at radius 3 is 2.32 bits per heavy atom. The lowest BCUT2D eigenvalue weighted by Gasteiger charge is -2.32. The number of anilines is 1. The fraction of sp³-hybridized carbons (Fsp3) is 0.409. The summed E-state index contributed by atoms with van der Waals surface area (Å²) in [6.45, 7) is 4.57. The van der Waals surface area contributed by atoms with Crippen molar-refractivity contribution in [3.63, 3.8) is 0 Å². The van der Waals surface area contributed by atoms with Gasteiger partial charge in [-0.3, -0.25) is 4.31 Å². The summed E-state index contributed by atoms with van der Waals surface area (Å²) in [6, 6.07) is 11.0. The van der Waals surface area contributed by atoms with Gasteiger partial charge in [-0.05, 0) is 49.4 Å². The molecular formula is C22H29N3O5S. The van der Waals surface area contributed by atoms with Crippen molar-refractivity contribution in [1.29, 1.82) is 0 Å². The molecule has 1 heterocycles. The maximum Gasteiger partial charge on any atom is 0.337 e. The zero-order valence-corrected chi connectivity index (χ0v) is 18.9. The Labute approximate surface area is 183 Å². The van der Waals surface area contributed by atoms with Crippen molar-refractivity contribution >= 4 is 21.7 Å². The summed E-state index contributed by atoms with van der Waals surface area (Å²) in [6.07, 6.45) is 0.558. The Bertz CT molecular complexity index is 1020. The van der Waals surface area contributed by atoms with Crippen LogP contribution in [0.15, 0.2) is 47.4 Å². The SMILES string of the molecule is COc1ccc(S(=O)(=O)N(C)c2c(CCN3CCN(C)CC3)cccc2C(=O)O)cc1. The number of para-hydroxylation sites is 1. The van der Waals surface area contributed by atoms with E-state index in [4.69, 9.17) is 4.74 Å². The van der Waals surface area contributed by atoms with Crippen molar-refractivity contribution in [1.82, 2.24) is 9.80 Å². The molecule has 0 amide bonds. The number of carboxylic acids is 1. The summed E-state index contributed by atoms with van der Waals surface area (Å²) >= 11 is 0. The Morgan fingerprint density at radius 1 is 1.10 bits per heavy atom. The van der Waals surface area contributed by atoms with Gasteiger partial charge in [0.1, 0.15) is 5.75 Å². The molecule has 8 nitrogen and oxygen atoms in total. The van der Waals surface area contributed by atoms with Crippen molar-refractivity contribution in [2.75, 3.05) is 58.2 Å². The van der Waals surface area contributed by atoms with Gasteiger partial charge in [0.25, 0.3) is 10.0 Å². The lowest BCUT2D eigenvalue weighted by atomic mass is 10.0. The van der Waals surface area contributed by atoms with Gasteiger partial charge in [-0.1, -0.05) is 12.1 Å². The largest absolute Gasteiger partial charge is 0.497 e. The van der Waals surface area contributed by atoms with Gasteiger partial charge >= 0.3 is 5.97 Å². The predicted octanol–water partition coefficient (Wildman–Crippen LogP) is 2.01. The molecule has 0 bridgehead atoms. The Kier molecular flexibility index (Phi) is 7.19. The molecule has 9 heteroatoms. The molecule has 0 saturated carbocycles. The number of carboxylic acid groups (broad SMARTS) is 1. The van der Waals surface area contributed by atoms with E-state index in [0.717, 1.165) is 37.0 Å². The zero-order chi connectivity index (χ0) is 22.6. The van der Waals surface area contributed by atoms with E-state index in [9.17, 15) is 18.3 Å². The third-order valence-electron chi connectivity index (χ3n) is 5.68. The van der Waals surface area contributed by atoms with Crippen LogP contribution in [0, 0.1) is 0 Å². The van der Waals surface area contributed by atoms with E-state index in [2.05, 4.69) is 16.8 Å². The van der Waals surface area contributed by atoms with Gasteiger partial charge in [-0.25, -0.2) is 13.2 Å². The summed E-state index contributed by atoms with van der Waals surface area (Å²) in [5.41, 5.74) is 0.869. The highest BCUT2D eigenvalue weighted by molar-refractivity contribution is 7.92. The highest BCUT2D eigenvalue weighted by Gasteiger charge is 2.28. The molecule has 0 aliphatic carbocycles. The first-order chi connectivity index (χ1) is 14.7. The molecule has 31 heavy (non-hydrogen) atoms. The van der Waals surface area contributed by atoms with Gasteiger partial charge in [-0.2, -0.15) is 0 Å². The molecule has 0 aromatic heterocycles. The fourth-order valence-electron chi connectivity index (χ4n) is 3.71. The number of sulfonamides is 1. The average Bonchev–Trinajstić information content (AvgIpc) is 2.77. The molecule has 3 rings (SSSR count). The number of methoxy groups -OCH3 is 1. The fourth-order valence-corrected chi connectivity index (χ4v) is 4.97. The topological polar surface area (TPSA) is 90.4 Å². The van der Waals surface area contributed by atoms with Crippen LogP contribution in [0.4, 0.5) is 5.69 Å². The van der Waals surface area contributed by atoms with Gasteiger partial charge in [0, 0.05) is 39.8 Å². The smallest absolute Gasteiger partial charge is 0.337 e. The summed E-state index contributed by atoms with van der Waals surface area (Å²) < 4.78 is 32.7. The molecule has 0 atom stereocenters. The Hall–Kier alpha value is -2.62. The number of likely N-dealkylation sites (N-methyl/N-ethyl adjacent to an activating group) is 1. The van der Waals surface area contributed by atoms with Crippen LogP contribution in [0.25, 0.3) is 0 Å². The van der Waals surface area contributed by atoms with Crippen molar-refractivity contribution in [2.45, 2.75) is 11.3 Å². The van der Waals surface area contributed by atoms with Crippen LogP contribution in [0.5, 0.6) is 5.75 Å². The Morgan fingerprint density at radius 2 is 1.74 bits per heavy atom. The highest BCUT2D eigenvalue weighted by atomic mass is 32.2. The molecule has 1 aliphatic rings. The average molecular weight is 448 g/mol. The third-order valence-corrected chi connectivity index (χ3v) is 7.45. The molecule has 0 unspecified atom stereocenters. The van der Waals surface area contributed by atoms with Gasteiger partial charge in [-0.15, -0.1) is 0 Å². The molecule has 2 aromatic carbocycles. The second-order valence-corrected chi connectivity index (χ2v) is 9.63. The van der Waals surface area contributed by atoms with E-state index in [1.165, 1.54) is 32.4 Å². The van der Waals surface area contributed by atoms with Gasteiger partial charge in [0.2, 0.25) is 0 Å². The molecular weight excluding hydrogens is 418 g/mol. The number of rotatable bonds is 8. The molecule has 1 saturated heterocycles. The van der Waals surface area contributed by atoms with Crippen LogP contribution in [0.1, 0.15) is 15.9 Å². The minimum Gasteiger partial charge on any atom is -0.497 e. The van der Waals surface area contributed by atoms with E-state index >= 15 is 0 Å². The van der Waals surface area contributed by atoms with Gasteiger partial charge < -0.3 is 19.6 Å². The standard InChI is InChI=1S/C22H29N3O5S/c1-23-13-15-25(16-14-23)12-11-17-5-4-6-20(22(26)27)21(17)24(2)31(28,29)19-9-7-18(30-3)8-10-19/h4-10H,11-16H2,1-3H3,(H,26,27). The maximum absolute atomic E-state index is 13.3. The summed E-state index contributed by atoms with van der Waals surface area (Å²) in [4.78, 5) is 16.6. The van der Waals surface area contributed by atoms with Crippen LogP contribution in [-0.4, -0.2) is 83.2 Å². The monoisotopic (exact) mass is 447 g/mol. The lowest BCUT2D eigenvalue weighted by Crippen LogP contribution is -2.45. The van der Waals surface area contributed by atoms with Crippen LogP contribution in [-0.2, 0) is 16.4 Å². The van der Waals surface area contributed by atoms with E-state index in [1.54, 1.807) is 24.3 Å². The molecule has 1 N–H and O–H groups in total. The van der Waals surface area contributed by atoms with E-state index in [-0.39, 0.29) is 16.1 Å². The number of benzene rings is 2. The minimum absolute atomic E-state index is 0.0320. The van der Waals surface area contributed by atoms with Crippen LogP contribution >= 0.6 is 0 Å². The van der Waals surface area contributed by atoms with Gasteiger partial charge in [0.05, 0.1) is 23.3 Å². The number of piperazine rings is 1. The number of hydrogen-bond donors (Lipinski definition) is 1. The lowest BCUT2D eigenvalue weighted by molar-refractivity contribution is 0.0697. The van der Waals surface area contributed by atoms with Crippen molar-refractivity contribution in [3.05, 3.63) is 53.6 Å². The molecule has 0 spiro atoms. The predicted molar refractivity (Wildman–Crippen MR) is 120 cm³/mol. The van der Waals surface area contributed by atoms with Crippen molar-refractivity contribution in [2.24, 2.45) is 0 Å². The van der Waals surface area contributed by atoms with Gasteiger partial charge in [0.15, 0.2) is 0 Å². The highest BCUT2D eigenvalue weighted by Crippen LogP contribution is 2.31. The molecule has 1 fully saturated rings. The number of nitrogens with zero attached hydrogens (tertiary/aromatic N) is 3. The number of aromatic carboxylic acids is 1. The van der Waals surface area contributed by atoms with Crippen molar-refractivity contribution in [3.8, 4) is 5.75 Å². The van der Waals surface area contributed by atoms with Crippen LogP contribution < -0.4 is 9.04 Å². The second-order valence-electron chi connectivity index (χ2n) is 7.66. The molecule has 168 valence electrons. The number of ether oxygens (including phenoxy) is 1. The first-order valence-electron chi connectivity index (χ1n) is 10.1. The second kappa shape index (κ2) is 9.67. The first-order valence-corrected chi connectivity index (χ1v) is 11.6. The maximum atomic E-state index is 13.3. The number of carbonyl (C=O) groups is 1. The van der Waals surface area contributed by atoms with Crippen molar-refractivity contribution < 1.29 is 23.1 Å². The third kappa shape index (κ3) is 5.17. The quantitative estimate of drug-likeness (QED) is 0.662. The normalized spacial score (nSPS) is 15.6. The van der Waals surface area contributed by atoms with E-state index in [1.807, 2.05) is 0 Å². The Balaban J connectivity index is 1.92. The molecule has 2 aromatic rings. The summed E-state index contributed by atoms with van der Waals surface area (Å²) in [5.74, 6) is -0.617.